The van der Waals surface area contributed by atoms with Crippen LogP contribution in [-0.2, 0) is 16.1 Å². The fourth-order valence-electron chi connectivity index (χ4n) is 1.89. The minimum absolute atomic E-state index is 0.0482. The van der Waals surface area contributed by atoms with Crippen molar-refractivity contribution in [2.24, 2.45) is 5.92 Å². The Bertz CT molecular complexity index is 446. The summed E-state index contributed by atoms with van der Waals surface area (Å²) in [6.07, 6.45) is 0.794. The summed E-state index contributed by atoms with van der Waals surface area (Å²) in [7, 11) is 0. The molecule has 1 aliphatic rings. The van der Waals surface area contributed by atoms with Crippen LogP contribution in [-0.4, -0.2) is 28.4 Å². The van der Waals surface area contributed by atoms with Gasteiger partial charge in [-0.25, -0.2) is 0 Å². The lowest BCUT2D eigenvalue weighted by atomic mass is 9.98. The molecule has 0 spiro atoms. The maximum absolute atomic E-state index is 11.7. The Morgan fingerprint density at radius 2 is 2.41 bits per heavy atom. The van der Waals surface area contributed by atoms with Crippen LogP contribution in [0.5, 0.6) is 0 Å². The highest BCUT2D eigenvalue weighted by molar-refractivity contribution is 9.10. The molecule has 1 saturated heterocycles. The molecule has 1 aromatic rings. The molecule has 0 radical (unpaired) electrons. The van der Waals surface area contributed by atoms with Crippen LogP contribution in [0.4, 0.5) is 0 Å². The van der Waals surface area contributed by atoms with Crippen LogP contribution in [0.25, 0.3) is 0 Å². The van der Waals surface area contributed by atoms with Gasteiger partial charge in [-0.15, -0.1) is 11.3 Å². The molecular weight excluding hydrogens is 306 g/mol. The number of carboxylic acids is 1. The van der Waals surface area contributed by atoms with E-state index in [1.807, 2.05) is 11.4 Å². The summed E-state index contributed by atoms with van der Waals surface area (Å²) >= 11 is 4.93. The monoisotopic (exact) mass is 317 g/mol. The number of nitrogens with zero attached hydrogens (tertiary/aromatic N) is 1. The molecule has 17 heavy (non-hydrogen) atoms. The number of aliphatic carboxylic acids is 1. The van der Waals surface area contributed by atoms with Gasteiger partial charge in [0.15, 0.2) is 0 Å². The number of likely N-dealkylation sites (tertiary alicyclic amines) is 1. The Labute approximate surface area is 111 Å². The first-order chi connectivity index (χ1) is 8.06. The molecule has 1 N–H and O–H groups in total. The van der Waals surface area contributed by atoms with E-state index < -0.39 is 11.9 Å². The van der Waals surface area contributed by atoms with E-state index in [-0.39, 0.29) is 5.91 Å². The van der Waals surface area contributed by atoms with E-state index in [4.69, 9.17) is 5.11 Å². The summed E-state index contributed by atoms with van der Waals surface area (Å²) in [5, 5.41) is 10.9. The van der Waals surface area contributed by atoms with Crippen molar-refractivity contribution >= 4 is 39.1 Å². The summed E-state index contributed by atoms with van der Waals surface area (Å²) in [6.45, 7) is 0.836. The molecule has 1 atom stereocenters. The van der Waals surface area contributed by atoms with Gasteiger partial charge in [0.25, 0.3) is 0 Å². The fourth-order valence-corrected chi connectivity index (χ4v) is 3.36. The van der Waals surface area contributed by atoms with E-state index in [0.29, 0.717) is 25.9 Å². The van der Waals surface area contributed by atoms with Crippen molar-refractivity contribution < 1.29 is 14.7 Å². The molecular formula is C11H12BrNO3S. The van der Waals surface area contributed by atoms with E-state index in [9.17, 15) is 9.59 Å². The molecule has 1 amide bonds. The normalized spacial score (nSPS) is 20.6. The molecule has 1 unspecified atom stereocenters. The zero-order valence-electron chi connectivity index (χ0n) is 9.06. The smallest absolute Gasteiger partial charge is 0.308 e. The van der Waals surface area contributed by atoms with Gasteiger partial charge in [0.2, 0.25) is 5.91 Å². The van der Waals surface area contributed by atoms with E-state index >= 15 is 0 Å². The number of thiophene rings is 1. The number of hydrogen-bond donors (Lipinski definition) is 1. The van der Waals surface area contributed by atoms with Crippen molar-refractivity contribution in [3.63, 3.8) is 0 Å². The van der Waals surface area contributed by atoms with Crippen LogP contribution in [0.15, 0.2) is 15.9 Å². The number of carbonyl (C=O) groups excluding carboxylic acids is 1. The maximum Gasteiger partial charge on any atom is 0.308 e. The second-order valence-electron chi connectivity index (χ2n) is 4.08. The van der Waals surface area contributed by atoms with Gasteiger partial charge in [-0.2, -0.15) is 0 Å². The van der Waals surface area contributed by atoms with Crippen LogP contribution in [0.3, 0.4) is 0 Å². The molecule has 6 heteroatoms. The number of halogens is 1. The van der Waals surface area contributed by atoms with Crippen molar-refractivity contribution in [2.75, 3.05) is 6.54 Å². The van der Waals surface area contributed by atoms with Crippen molar-refractivity contribution in [3.8, 4) is 0 Å². The lowest BCUT2D eigenvalue weighted by Gasteiger charge is -2.30. The summed E-state index contributed by atoms with van der Waals surface area (Å²) in [4.78, 5) is 25.3. The summed E-state index contributed by atoms with van der Waals surface area (Å²) in [6, 6.07) is 1.96. The Kier molecular flexibility index (Phi) is 3.83. The van der Waals surface area contributed by atoms with Gasteiger partial charge < -0.3 is 10.0 Å². The second-order valence-corrected chi connectivity index (χ2v) is 5.99. The average Bonchev–Trinajstić information content (AvgIpc) is 2.67. The number of hydrogen-bond acceptors (Lipinski definition) is 3. The molecule has 1 aromatic heterocycles. The molecule has 4 nitrogen and oxygen atoms in total. The highest BCUT2D eigenvalue weighted by atomic mass is 79.9. The maximum atomic E-state index is 11.7. The Balaban J connectivity index is 2.03. The van der Waals surface area contributed by atoms with Gasteiger partial charge in [0.1, 0.15) is 0 Å². The van der Waals surface area contributed by atoms with Crippen molar-refractivity contribution in [1.82, 2.24) is 4.90 Å². The zero-order valence-corrected chi connectivity index (χ0v) is 11.5. The number of piperidine rings is 1. The van der Waals surface area contributed by atoms with Crippen LogP contribution < -0.4 is 0 Å². The predicted molar refractivity (Wildman–Crippen MR) is 67.8 cm³/mol. The zero-order chi connectivity index (χ0) is 12.4. The third-order valence-electron chi connectivity index (χ3n) is 2.82. The van der Waals surface area contributed by atoms with Crippen molar-refractivity contribution in [3.05, 3.63) is 20.8 Å². The van der Waals surface area contributed by atoms with Crippen LogP contribution in [0.2, 0.25) is 0 Å². The van der Waals surface area contributed by atoms with E-state index in [2.05, 4.69) is 15.9 Å². The molecule has 0 aliphatic carbocycles. The topological polar surface area (TPSA) is 57.6 Å². The summed E-state index contributed by atoms with van der Waals surface area (Å²) in [5.41, 5.74) is 0. The van der Waals surface area contributed by atoms with Crippen LogP contribution >= 0.6 is 27.3 Å². The van der Waals surface area contributed by atoms with Crippen LogP contribution in [0.1, 0.15) is 17.7 Å². The molecule has 0 bridgehead atoms. The standard InChI is InChI=1S/C11H12BrNO3S/c12-8-3-9(17-6-8)5-13-4-7(11(15)16)1-2-10(13)14/h3,6-7H,1-2,4-5H2,(H,15,16). The van der Waals surface area contributed by atoms with Gasteiger partial charge in [-0.05, 0) is 28.4 Å². The minimum Gasteiger partial charge on any atom is -0.481 e. The third kappa shape index (κ3) is 3.07. The summed E-state index contributed by atoms with van der Waals surface area (Å²) < 4.78 is 0.997. The molecule has 1 fully saturated rings. The number of carbonyl (C=O) groups is 2. The molecule has 0 saturated carbocycles. The Morgan fingerprint density at radius 1 is 1.65 bits per heavy atom. The molecule has 0 aromatic carbocycles. The molecule has 2 heterocycles. The lowest BCUT2D eigenvalue weighted by molar-refractivity contribution is -0.147. The third-order valence-corrected chi connectivity index (χ3v) is 4.50. The first-order valence-corrected chi connectivity index (χ1v) is 6.97. The lowest BCUT2D eigenvalue weighted by Crippen LogP contribution is -2.41. The quantitative estimate of drug-likeness (QED) is 0.930. The molecule has 92 valence electrons. The Hall–Kier alpha value is -0.880. The number of amides is 1. The number of carboxylic acid groups (broad SMARTS) is 1. The average molecular weight is 318 g/mol. The largest absolute Gasteiger partial charge is 0.481 e. The fraction of sp³-hybridized carbons (Fsp3) is 0.455. The van der Waals surface area contributed by atoms with Gasteiger partial charge in [-0.1, -0.05) is 0 Å². The first-order valence-electron chi connectivity index (χ1n) is 5.30. The highest BCUT2D eigenvalue weighted by Crippen LogP contribution is 2.24. The van der Waals surface area contributed by atoms with Gasteiger partial charge in [0, 0.05) is 27.7 Å². The van der Waals surface area contributed by atoms with Gasteiger partial charge >= 0.3 is 5.97 Å². The van der Waals surface area contributed by atoms with E-state index in [1.165, 1.54) is 0 Å². The van der Waals surface area contributed by atoms with Crippen molar-refractivity contribution in [2.45, 2.75) is 19.4 Å². The van der Waals surface area contributed by atoms with E-state index in [0.717, 1.165) is 9.35 Å². The molecule has 2 rings (SSSR count). The Morgan fingerprint density at radius 3 is 3.00 bits per heavy atom. The van der Waals surface area contributed by atoms with E-state index in [1.54, 1.807) is 16.2 Å². The second kappa shape index (κ2) is 5.18. The van der Waals surface area contributed by atoms with Gasteiger partial charge in [0.05, 0.1) is 12.5 Å². The predicted octanol–water partition coefficient (Wildman–Crippen LogP) is 2.33. The van der Waals surface area contributed by atoms with Gasteiger partial charge in [-0.3, -0.25) is 9.59 Å². The SMILES string of the molecule is O=C(O)C1CCC(=O)N(Cc2cc(Br)cs2)C1. The molecule has 1 aliphatic heterocycles. The van der Waals surface area contributed by atoms with Crippen LogP contribution in [0, 0.1) is 5.92 Å². The van der Waals surface area contributed by atoms with Crippen molar-refractivity contribution in [1.29, 1.82) is 0 Å². The summed E-state index contributed by atoms with van der Waals surface area (Å²) in [5.74, 6) is -1.18. The highest BCUT2D eigenvalue weighted by Gasteiger charge is 2.30. The number of rotatable bonds is 3. The minimum atomic E-state index is -0.810. The first kappa shape index (κ1) is 12.6.